The number of anilines is 1. The Balaban J connectivity index is 0.00000650. The summed E-state index contributed by atoms with van der Waals surface area (Å²) < 4.78 is 24.0. The molecule has 1 aliphatic rings. The van der Waals surface area contributed by atoms with Crippen LogP contribution in [0.15, 0.2) is 60.7 Å². The lowest BCUT2D eigenvalue weighted by atomic mass is 9.94. The second-order valence-corrected chi connectivity index (χ2v) is 14.1. The molecule has 11 heteroatoms. The Morgan fingerprint density at radius 3 is 2.43 bits per heavy atom. The van der Waals surface area contributed by atoms with Gasteiger partial charge in [0.05, 0.1) is 26.7 Å². The predicted octanol–water partition coefficient (Wildman–Crippen LogP) is 8.58. The van der Waals surface area contributed by atoms with Gasteiger partial charge in [-0.1, -0.05) is 74.3 Å². The first kappa shape index (κ1) is 40.4. The molecule has 0 bridgehead atoms. The van der Waals surface area contributed by atoms with Gasteiger partial charge in [0.1, 0.15) is 12.2 Å². The van der Waals surface area contributed by atoms with Gasteiger partial charge in [-0.15, -0.1) is 12.4 Å². The van der Waals surface area contributed by atoms with Gasteiger partial charge in [0, 0.05) is 39.9 Å². The fourth-order valence-corrected chi connectivity index (χ4v) is 6.31. The van der Waals surface area contributed by atoms with Crippen molar-refractivity contribution >= 4 is 53.2 Å². The van der Waals surface area contributed by atoms with Crippen molar-refractivity contribution in [3.63, 3.8) is 0 Å². The highest BCUT2D eigenvalue weighted by Crippen LogP contribution is 2.45. The normalized spacial score (nSPS) is 16.1. The number of para-hydroxylation sites is 1. The molecule has 0 saturated heterocycles. The Kier molecular flexibility index (Phi) is 15.5. The number of fused-ring (bicyclic) bond motifs is 1. The standard InChI is InChI=1S/C38H48Cl2N2O6.ClH/c1-7-46-34(43)24-33-37(44)42(25-38(2,3)4)31-19-18-27(39)23-29(31)35(48-33)28-15-10-17-32(36(28)45-6)47-22-12-21-41(5)20-11-14-26-13-8-9-16-30(26)40;/h8-10,13,15-19,23,33,35H,7,11-12,14,20-22,24-25H2,1-6H3;1H/t33-,35-;/m0./s1. The maximum Gasteiger partial charge on any atom is 0.308 e. The molecular formula is C38H49Cl3N2O6. The van der Waals surface area contributed by atoms with Crippen LogP contribution in [0.5, 0.6) is 11.5 Å². The van der Waals surface area contributed by atoms with E-state index in [9.17, 15) is 9.59 Å². The van der Waals surface area contributed by atoms with Crippen LogP contribution in [-0.4, -0.2) is 69.9 Å². The van der Waals surface area contributed by atoms with Crippen molar-refractivity contribution in [2.45, 2.75) is 65.6 Å². The van der Waals surface area contributed by atoms with E-state index in [2.05, 4.69) is 38.8 Å². The highest BCUT2D eigenvalue weighted by molar-refractivity contribution is 6.31. The minimum atomic E-state index is -1.09. The molecule has 0 fully saturated rings. The molecule has 3 aromatic rings. The van der Waals surface area contributed by atoms with Gasteiger partial charge >= 0.3 is 5.97 Å². The van der Waals surface area contributed by atoms with Crippen molar-refractivity contribution in [3.05, 3.63) is 87.4 Å². The Morgan fingerprint density at radius 2 is 1.73 bits per heavy atom. The smallest absolute Gasteiger partial charge is 0.308 e. The maximum absolute atomic E-state index is 14.1. The summed E-state index contributed by atoms with van der Waals surface area (Å²) in [6.45, 7) is 10.8. The molecule has 2 atom stereocenters. The summed E-state index contributed by atoms with van der Waals surface area (Å²) in [6.07, 6.45) is 0.654. The summed E-state index contributed by atoms with van der Waals surface area (Å²) >= 11 is 12.9. The van der Waals surface area contributed by atoms with Crippen molar-refractivity contribution in [1.29, 1.82) is 0 Å². The van der Waals surface area contributed by atoms with E-state index in [0.29, 0.717) is 46.5 Å². The number of methoxy groups -OCH3 is 1. The molecule has 0 aromatic heterocycles. The van der Waals surface area contributed by atoms with Crippen LogP contribution in [0.1, 0.15) is 69.8 Å². The zero-order valence-electron chi connectivity index (χ0n) is 29.3. The molecule has 8 nitrogen and oxygen atoms in total. The third kappa shape index (κ3) is 11.2. The highest BCUT2D eigenvalue weighted by Gasteiger charge is 2.40. The minimum absolute atomic E-state index is 0. The number of benzene rings is 3. The quantitative estimate of drug-likeness (QED) is 0.114. The molecule has 1 aliphatic heterocycles. The van der Waals surface area contributed by atoms with Crippen molar-refractivity contribution < 1.29 is 28.5 Å². The lowest BCUT2D eigenvalue weighted by Crippen LogP contribution is -2.44. The average molecular weight is 736 g/mol. The van der Waals surface area contributed by atoms with Crippen LogP contribution < -0.4 is 14.4 Å². The molecular weight excluding hydrogens is 687 g/mol. The number of ether oxygens (including phenoxy) is 4. The van der Waals surface area contributed by atoms with Crippen LogP contribution in [0.25, 0.3) is 0 Å². The zero-order valence-corrected chi connectivity index (χ0v) is 31.6. The van der Waals surface area contributed by atoms with Gasteiger partial charge in [0.25, 0.3) is 5.91 Å². The molecule has 0 unspecified atom stereocenters. The fraction of sp³-hybridized carbons (Fsp3) is 0.474. The second-order valence-electron chi connectivity index (χ2n) is 13.3. The third-order valence-electron chi connectivity index (χ3n) is 8.08. The molecule has 0 radical (unpaired) electrons. The van der Waals surface area contributed by atoms with E-state index in [1.54, 1.807) is 25.0 Å². The summed E-state index contributed by atoms with van der Waals surface area (Å²) in [7, 11) is 3.69. The third-order valence-corrected chi connectivity index (χ3v) is 8.68. The average Bonchev–Trinajstić information content (AvgIpc) is 3.13. The number of esters is 1. The molecule has 268 valence electrons. The summed E-state index contributed by atoms with van der Waals surface area (Å²) in [4.78, 5) is 30.8. The summed E-state index contributed by atoms with van der Waals surface area (Å²) in [5.41, 5.74) is 2.95. The Hall–Kier alpha value is -3.01. The number of aryl methyl sites for hydroxylation is 1. The van der Waals surface area contributed by atoms with Crippen LogP contribution in [-0.2, 0) is 25.5 Å². The zero-order chi connectivity index (χ0) is 34.8. The van der Waals surface area contributed by atoms with Gasteiger partial charge in [0.2, 0.25) is 0 Å². The van der Waals surface area contributed by atoms with Gasteiger partial charge in [-0.2, -0.15) is 0 Å². The molecule has 0 aliphatic carbocycles. The lowest BCUT2D eigenvalue weighted by molar-refractivity contribution is -0.151. The molecule has 0 N–H and O–H groups in total. The first-order chi connectivity index (χ1) is 22.9. The number of rotatable bonds is 15. The van der Waals surface area contributed by atoms with Crippen LogP contribution in [0.2, 0.25) is 10.0 Å². The van der Waals surface area contributed by atoms with Gasteiger partial charge in [-0.3, -0.25) is 9.59 Å². The Labute approximate surface area is 307 Å². The molecule has 3 aromatic carbocycles. The van der Waals surface area contributed by atoms with Gasteiger partial charge in [-0.05, 0) is 81.1 Å². The summed E-state index contributed by atoms with van der Waals surface area (Å²) in [5.74, 6) is 0.235. The molecule has 49 heavy (non-hydrogen) atoms. The molecule has 1 amide bonds. The van der Waals surface area contributed by atoms with Crippen LogP contribution in [0.3, 0.4) is 0 Å². The van der Waals surface area contributed by atoms with E-state index in [0.717, 1.165) is 37.4 Å². The van der Waals surface area contributed by atoms with E-state index in [1.807, 2.05) is 48.5 Å². The Bertz CT molecular complexity index is 1550. The summed E-state index contributed by atoms with van der Waals surface area (Å²) in [5, 5.41) is 1.31. The van der Waals surface area contributed by atoms with E-state index in [-0.39, 0.29) is 36.8 Å². The first-order valence-corrected chi connectivity index (χ1v) is 17.3. The molecule has 0 spiro atoms. The number of hydrogen-bond donors (Lipinski definition) is 0. The Morgan fingerprint density at radius 1 is 1.00 bits per heavy atom. The summed E-state index contributed by atoms with van der Waals surface area (Å²) in [6, 6.07) is 19.0. The van der Waals surface area contributed by atoms with Crippen molar-refractivity contribution in [1.82, 2.24) is 4.90 Å². The molecule has 0 saturated carbocycles. The van der Waals surface area contributed by atoms with Crippen LogP contribution >= 0.6 is 35.6 Å². The number of nitrogens with zero attached hydrogens (tertiary/aromatic N) is 2. The van der Waals surface area contributed by atoms with Crippen LogP contribution in [0, 0.1) is 5.41 Å². The monoisotopic (exact) mass is 734 g/mol. The highest BCUT2D eigenvalue weighted by atomic mass is 35.5. The number of amides is 1. The van der Waals surface area contributed by atoms with Crippen molar-refractivity contribution in [2.75, 3.05) is 51.9 Å². The topological polar surface area (TPSA) is 77.5 Å². The SMILES string of the molecule is CCOC(=O)C[C@@H]1O[C@@H](c2cccc(OCCCN(C)CCCc3ccccc3Cl)c2OC)c2cc(Cl)ccc2N(CC(C)(C)C)C1=O.Cl. The van der Waals surface area contributed by atoms with Gasteiger partial charge in [0.15, 0.2) is 11.5 Å². The number of hydrogen-bond acceptors (Lipinski definition) is 7. The van der Waals surface area contributed by atoms with Gasteiger partial charge < -0.3 is 28.7 Å². The van der Waals surface area contributed by atoms with E-state index >= 15 is 0 Å². The second kappa shape index (κ2) is 18.8. The van der Waals surface area contributed by atoms with E-state index in [4.69, 9.17) is 42.1 Å². The maximum atomic E-state index is 14.1. The largest absolute Gasteiger partial charge is 0.492 e. The van der Waals surface area contributed by atoms with Gasteiger partial charge in [-0.25, -0.2) is 0 Å². The lowest BCUT2D eigenvalue weighted by Gasteiger charge is -2.31. The first-order valence-electron chi connectivity index (χ1n) is 16.6. The van der Waals surface area contributed by atoms with Crippen LogP contribution in [0.4, 0.5) is 5.69 Å². The number of halogens is 3. The fourth-order valence-electron chi connectivity index (χ4n) is 5.89. The molecule has 4 rings (SSSR count). The molecule has 1 heterocycles. The predicted molar refractivity (Wildman–Crippen MR) is 199 cm³/mol. The van der Waals surface area contributed by atoms with E-state index in [1.165, 1.54) is 5.56 Å². The van der Waals surface area contributed by atoms with Crippen molar-refractivity contribution in [2.24, 2.45) is 5.41 Å². The van der Waals surface area contributed by atoms with E-state index < -0.39 is 18.2 Å². The number of carbonyl (C=O) groups excluding carboxylic acids is 2. The van der Waals surface area contributed by atoms with Crippen molar-refractivity contribution in [3.8, 4) is 11.5 Å². The number of carbonyl (C=O) groups is 2. The minimum Gasteiger partial charge on any atom is -0.492 e.